The number of guanidine groups is 1. The molecule has 0 heterocycles. The Bertz CT molecular complexity index is 176. The average molecular weight is 198 g/mol. The Morgan fingerprint density at radius 1 is 1.62 bits per heavy atom. The number of hydrogen-bond acceptors (Lipinski definition) is 3. The second-order valence-electron chi connectivity index (χ2n) is 2.43. The van der Waals surface area contributed by atoms with Gasteiger partial charge in [-0.3, -0.25) is 10.2 Å². The van der Waals surface area contributed by atoms with Crippen LogP contribution in [-0.2, 0) is 4.79 Å². The van der Waals surface area contributed by atoms with E-state index in [2.05, 4.69) is 5.32 Å². The van der Waals surface area contributed by atoms with Crippen molar-refractivity contribution in [3.63, 3.8) is 0 Å². The molecule has 0 saturated heterocycles. The number of carboxylic acids is 1. The van der Waals surface area contributed by atoms with Gasteiger partial charge in [0, 0.05) is 6.54 Å². The molecular weight excluding hydrogens is 183 g/mol. The van der Waals surface area contributed by atoms with E-state index in [1.54, 1.807) is 0 Å². The van der Waals surface area contributed by atoms with Gasteiger partial charge in [0.25, 0.3) is 0 Å². The van der Waals surface area contributed by atoms with E-state index in [9.17, 15) is 4.79 Å². The molecule has 0 bridgehead atoms. The summed E-state index contributed by atoms with van der Waals surface area (Å²) in [5, 5.41) is 17.7. The predicted octanol–water partition coefficient (Wildman–Crippen LogP) is -1.99. The molecule has 0 aliphatic carbocycles. The van der Waals surface area contributed by atoms with Crippen LogP contribution in [-0.4, -0.2) is 59.2 Å². The molecule has 0 aromatic carbocycles. The second-order valence-corrected chi connectivity index (χ2v) is 2.43. The first-order valence-electron chi connectivity index (χ1n) is 3.60. The Kier molecular flexibility index (Phi) is 9.70. The number of aliphatic carboxylic acids is 1. The summed E-state index contributed by atoms with van der Waals surface area (Å²) in [6.07, 6.45) is 0.975. The van der Waals surface area contributed by atoms with Gasteiger partial charge in [-0.05, 0) is 12.8 Å². The molecule has 0 saturated carbocycles. The van der Waals surface area contributed by atoms with Crippen molar-refractivity contribution in [3.8, 4) is 0 Å². The fourth-order valence-corrected chi connectivity index (χ4v) is 0.669. The van der Waals surface area contributed by atoms with Crippen molar-refractivity contribution in [3.05, 3.63) is 0 Å². The summed E-state index contributed by atoms with van der Waals surface area (Å²) in [5.74, 6) is -1.11. The third-order valence-corrected chi connectivity index (χ3v) is 1.32. The molecule has 0 unspecified atom stereocenters. The van der Waals surface area contributed by atoms with Gasteiger partial charge in [0.05, 0.1) is 0 Å². The van der Waals surface area contributed by atoms with Crippen LogP contribution in [0, 0.1) is 5.41 Å². The van der Waals surface area contributed by atoms with Crippen LogP contribution in [0.15, 0.2) is 0 Å². The van der Waals surface area contributed by atoms with Crippen molar-refractivity contribution in [2.75, 3.05) is 6.54 Å². The van der Waals surface area contributed by atoms with Crippen molar-refractivity contribution >= 4 is 41.5 Å². The van der Waals surface area contributed by atoms with Gasteiger partial charge in [-0.2, -0.15) is 0 Å². The van der Waals surface area contributed by atoms with E-state index >= 15 is 0 Å². The third kappa shape index (κ3) is 9.62. The van der Waals surface area contributed by atoms with Crippen LogP contribution in [0.5, 0.6) is 0 Å². The molecule has 0 radical (unpaired) electrons. The minimum absolute atomic E-state index is 0. The van der Waals surface area contributed by atoms with Gasteiger partial charge < -0.3 is 21.9 Å². The zero-order chi connectivity index (χ0) is 9.56. The molecule has 72 valence electrons. The fraction of sp³-hybridized carbons (Fsp3) is 0.667. The number of rotatable bonds is 5. The zero-order valence-electron chi connectivity index (χ0n) is 6.71. The standard InChI is InChI=1S/C6H14N4O2.Na.H/c7-4(5(11)12)2-1-3-10-6(8)9;;/h4H,1-3,7H2,(H,11,12)(H4,8,9,10);;/t4-;;/m0../s1. The van der Waals surface area contributed by atoms with Crippen molar-refractivity contribution < 1.29 is 9.90 Å². The van der Waals surface area contributed by atoms with Crippen LogP contribution in [0.2, 0.25) is 0 Å². The Labute approximate surface area is 98.8 Å². The van der Waals surface area contributed by atoms with Crippen LogP contribution in [0.25, 0.3) is 0 Å². The van der Waals surface area contributed by atoms with Crippen LogP contribution < -0.4 is 16.8 Å². The molecule has 0 aliphatic heterocycles. The van der Waals surface area contributed by atoms with E-state index in [-0.39, 0.29) is 35.5 Å². The van der Waals surface area contributed by atoms with E-state index < -0.39 is 12.0 Å². The average Bonchev–Trinajstić information content (AvgIpc) is 1.97. The number of hydrogen-bond donors (Lipinski definition) is 5. The summed E-state index contributed by atoms with van der Waals surface area (Å²) < 4.78 is 0. The molecule has 0 rings (SSSR count). The molecular formula is C6H15N4NaO2. The minimum atomic E-state index is -1.00. The van der Waals surface area contributed by atoms with Gasteiger partial charge in [0.15, 0.2) is 5.96 Å². The summed E-state index contributed by atoms with van der Waals surface area (Å²) >= 11 is 0. The van der Waals surface area contributed by atoms with Gasteiger partial charge in [-0.15, -0.1) is 0 Å². The van der Waals surface area contributed by atoms with Crippen LogP contribution >= 0.6 is 0 Å². The first kappa shape index (κ1) is 15.2. The Hall–Kier alpha value is -0.300. The van der Waals surface area contributed by atoms with E-state index in [4.69, 9.17) is 22.0 Å². The second kappa shape index (κ2) is 8.31. The van der Waals surface area contributed by atoms with Crippen LogP contribution in [0.1, 0.15) is 12.8 Å². The summed E-state index contributed by atoms with van der Waals surface area (Å²) in [4.78, 5) is 10.2. The quantitative estimate of drug-likeness (QED) is 0.151. The van der Waals surface area contributed by atoms with Gasteiger partial charge in [0.1, 0.15) is 6.04 Å². The topological polar surface area (TPSA) is 125 Å². The van der Waals surface area contributed by atoms with E-state index in [1.165, 1.54) is 0 Å². The summed E-state index contributed by atoms with van der Waals surface area (Å²) in [5.41, 5.74) is 10.2. The van der Waals surface area contributed by atoms with Crippen molar-refractivity contribution in [2.24, 2.45) is 11.5 Å². The third-order valence-electron chi connectivity index (χ3n) is 1.32. The number of nitrogens with two attached hydrogens (primary N) is 2. The van der Waals surface area contributed by atoms with Crippen molar-refractivity contribution in [1.29, 1.82) is 5.41 Å². The zero-order valence-corrected chi connectivity index (χ0v) is 6.71. The van der Waals surface area contributed by atoms with Gasteiger partial charge in [-0.1, -0.05) is 0 Å². The molecule has 0 amide bonds. The fourth-order valence-electron chi connectivity index (χ4n) is 0.669. The van der Waals surface area contributed by atoms with E-state index in [0.29, 0.717) is 19.4 Å². The maximum absolute atomic E-state index is 10.2. The molecule has 0 spiro atoms. The van der Waals surface area contributed by atoms with Crippen molar-refractivity contribution in [1.82, 2.24) is 5.32 Å². The first-order valence-corrected chi connectivity index (χ1v) is 3.60. The van der Waals surface area contributed by atoms with E-state index in [0.717, 1.165) is 0 Å². The van der Waals surface area contributed by atoms with Gasteiger partial charge in [0.2, 0.25) is 0 Å². The van der Waals surface area contributed by atoms with E-state index in [1.807, 2.05) is 0 Å². The Morgan fingerprint density at radius 3 is 2.54 bits per heavy atom. The molecule has 0 aromatic rings. The molecule has 6 nitrogen and oxygen atoms in total. The molecule has 7 N–H and O–H groups in total. The summed E-state index contributed by atoms with van der Waals surface area (Å²) in [7, 11) is 0. The summed E-state index contributed by atoms with van der Waals surface area (Å²) in [6, 6.07) is -0.821. The van der Waals surface area contributed by atoms with Crippen molar-refractivity contribution in [2.45, 2.75) is 18.9 Å². The van der Waals surface area contributed by atoms with Crippen LogP contribution in [0.3, 0.4) is 0 Å². The number of nitrogens with one attached hydrogen (secondary N) is 2. The molecule has 7 heteroatoms. The van der Waals surface area contributed by atoms with Crippen LogP contribution in [0.4, 0.5) is 0 Å². The number of carboxylic acid groups (broad SMARTS) is 1. The maximum atomic E-state index is 10.2. The first-order chi connectivity index (χ1) is 5.54. The number of carbonyl (C=O) groups is 1. The van der Waals surface area contributed by atoms with Gasteiger partial charge >= 0.3 is 35.5 Å². The molecule has 13 heavy (non-hydrogen) atoms. The Morgan fingerprint density at radius 2 is 2.15 bits per heavy atom. The molecule has 0 fully saturated rings. The molecule has 1 atom stereocenters. The Balaban J connectivity index is 0. The normalized spacial score (nSPS) is 11.2. The monoisotopic (exact) mass is 198 g/mol. The summed E-state index contributed by atoms with van der Waals surface area (Å²) in [6.45, 7) is 0.482. The molecule has 0 aliphatic rings. The molecule has 0 aromatic heterocycles. The predicted molar refractivity (Wildman–Crippen MR) is 51.9 cm³/mol. The van der Waals surface area contributed by atoms with Gasteiger partial charge in [-0.25, -0.2) is 0 Å². The SMILES string of the molecule is N=C(N)NCCC[C@H](N)C(=O)O.[NaH].